The van der Waals surface area contributed by atoms with Gasteiger partial charge in [-0.2, -0.15) is 4.31 Å². The van der Waals surface area contributed by atoms with Gasteiger partial charge in [0.25, 0.3) is 11.8 Å². The van der Waals surface area contributed by atoms with Gasteiger partial charge in [-0.15, -0.1) is 23.2 Å². The minimum atomic E-state index is -3.71. The summed E-state index contributed by atoms with van der Waals surface area (Å²) in [6, 6.07) is 4.33. The van der Waals surface area contributed by atoms with Crippen molar-refractivity contribution in [2.24, 2.45) is 0 Å². The number of anilines is 1. The van der Waals surface area contributed by atoms with E-state index in [0.29, 0.717) is 43.9 Å². The van der Waals surface area contributed by atoms with Crippen molar-refractivity contribution in [3.05, 3.63) is 23.8 Å². The molecule has 3 aliphatic rings. The average Bonchev–Trinajstić information content (AvgIpc) is 3.00. The Labute approximate surface area is 204 Å². The first-order chi connectivity index (χ1) is 15.6. The molecule has 3 aliphatic heterocycles. The highest BCUT2D eigenvalue weighted by atomic mass is 35.5. The van der Waals surface area contributed by atoms with Gasteiger partial charge in [0.2, 0.25) is 10.0 Å². The molecule has 1 aromatic rings. The minimum absolute atomic E-state index is 0.207. The molecule has 3 atom stereocenters. The van der Waals surface area contributed by atoms with Crippen molar-refractivity contribution in [2.75, 3.05) is 51.2 Å². The Balaban J connectivity index is 1.57. The van der Waals surface area contributed by atoms with Crippen LogP contribution in [0.2, 0.25) is 0 Å². The monoisotopic (exact) mass is 517 g/mol. The summed E-state index contributed by atoms with van der Waals surface area (Å²) >= 11 is 12.2. The van der Waals surface area contributed by atoms with E-state index in [0.717, 1.165) is 13.0 Å². The summed E-state index contributed by atoms with van der Waals surface area (Å²) in [6.07, 6.45) is 1.17. The van der Waals surface area contributed by atoms with Gasteiger partial charge in [-0.1, -0.05) is 6.07 Å². The highest BCUT2D eigenvalue weighted by Gasteiger charge is 2.44. The van der Waals surface area contributed by atoms with Crippen LogP contribution in [-0.2, 0) is 19.6 Å². The summed E-state index contributed by atoms with van der Waals surface area (Å²) in [5.74, 6) is -0.710. The topological polar surface area (TPSA) is 93.3 Å². The van der Waals surface area contributed by atoms with Gasteiger partial charge in [-0.05, 0) is 51.1 Å². The minimum Gasteiger partial charge on any atom is -0.310 e. The zero-order chi connectivity index (χ0) is 23.9. The van der Waals surface area contributed by atoms with Gasteiger partial charge in [0.1, 0.15) is 11.4 Å². The second kappa shape index (κ2) is 9.67. The Kier molecular flexibility index (Phi) is 7.24. The quantitative estimate of drug-likeness (QED) is 0.598. The highest BCUT2D eigenvalue weighted by Crippen LogP contribution is 2.31. The molecule has 12 heteroatoms. The number of carbonyl (C=O) groups is 2. The Morgan fingerprint density at radius 2 is 1.79 bits per heavy atom. The number of hydrogen-bond acceptors (Lipinski definition) is 6. The molecule has 0 aliphatic carbocycles. The van der Waals surface area contributed by atoms with Gasteiger partial charge in [-0.25, -0.2) is 13.8 Å². The van der Waals surface area contributed by atoms with E-state index in [-0.39, 0.29) is 17.3 Å². The van der Waals surface area contributed by atoms with Crippen LogP contribution in [0.1, 0.15) is 18.4 Å². The third-order valence-electron chi connectivity index (χ3n) is 6.52. The molecule has 182 valence electrons. The third kappa shape index (κ3) is 4.74. The fourth-order valence-electron chi connectivity index (χ4n) is 4.52. The highest BCUT2D eigenvalue weighted by molar-refractivity contribution is 7.89. The lowest BCUT2D eigenvalue weighted by Crippen LogP contribution is -2.62. The number of aryl methyl sites for hydroxylation is 1. The van der Waals surface area contributed by atoms with Crippen molar-refractivity contribution in [3.63, 3.8) is 0 Å². The molecule has 0 saturated carbocycles. The van der Waals surface area contributed by atoms with Crippen LogP contribution < -0.4 is 10.3 Å². The molecule has 0 radical (unpaired) electrons. The lowest BCUT2D eigenvalue weighted by atomic mass is 10.1. The van der Waals surface area contributed by atoms with E-state index in [9.17, 15) is 18.0 Å². The summed E-state index contributed by atoms with van der Waals surface area (Å²) in [5.41, 5.74) is 4.03. The van der Waals surface area contributed by atoms with Crippen LogP contribution in [0.15, 0.2) is 23.1 Å². The van der Waals surface area contributed by atoms with Crippen LogP contribution in [0, 0.1) is 6.92 Å². The van der Waals surface area contributed by atoms with Crippen LogP contribution >= 0.6 is 23.2 Å². The van der Waals surface area contributed by atoms with Gasteiger partial charge < -0.3 is 9.80 Å². The van der Waals surface area contributed by atoms with Crippen molar-refractivity contribution < 1.29 is 18.0 Å². The van der Waals surface area contributed by atoms with E-state index in [1.54, 1.807) is 25.1 Å². The summed E-state index contributed by atoms with van der Waals surface area (Å²) in [7, 11) is -1.72. The van der Waals surface area contributed by atoms with Gasteiger partial charge in [0, 0.05) is 38.4 Å². The van der Waals surface area contributed by atoms with E-state index in [4.69, 9.17) is 23.2 Å². The first kappa shape index (κ1) is 24.7. The molecular weight excluding hydrogens is 489 g/mol. The van der Waals surface area contributed by atoms with Crippen molar-refractivity contribution >= 4 is 50.7 Å². The lowest BCUT2D eigenvalue weighted by molar-refractivity contribution is -0.143. The summed E-state index contributed by atoms with van der Waals surface area (Å²) in [4.78, 5) is 29.6. The molecule has 3 fully saturated rings. The Morgan fingerprint density at radius 1 is 1.03 bits per heavy atom. The molecule has 0 spiro atoms. The average molecular weight is 518 g/mol. The molecule has 4 rings (SSSR count). The lowest BCUT2D eigenvalue weighted by Gasteiger charge is -2.36. The van der Waals surface area contributed by atoms with Gasteiger partial charge >= 0.3 is 0 Å². The maximum atomic E-state index is 13.5. The van der Waals surface area contributed by atoms with E-state index in [1.165, 1.54) is 14.2 Å². The SMILES string of the molecule is Cc1ccc(N2CCC(N3NCC(Cl)C(Cl)C3=O)C2=O)cc1S(=O)(=O)N1CCCN(C)CC1. The number of carbonyl (C=O) groups excluding carboxylic acids is 2. The van der Waals surface area contributed by atoms with Crippen LogP contribution in [0.25, 0.3) is 0 Å². The fraction of sp³-hybridized carbons (Fsp3) is 0.619. The summed E-state index contributed by atoms with van der Waals surface area (Å²) in [6.45, 7) is 4.82. The van der Waals surface area contributed by atoms with E-state index >= 15 is 0 Å². The van der Waals surface area contributed by atoms with Gasteiger partial charge in [-0.3, -0.25) is 14.6 Å². The Morgan fingerprint density at radius 3 is 2.55 bits per heavy atom. The third-order valence-corrected chi connectivity index (χ3v) is 9.58. The zero-order valence-corrected chi connectivity index (χ0v) is 21.0. The molecule has 3 unspecified atom stereocenters. The first-order valence-electron chi connectivity index (χ1n) is 11.1. The smallest absolute Gasteiger partial charge is 0.257 e. The molecule has 2 amide bonds. The van der Waals surface area contributed by atoms with E-state index in [1.807, 2.05) is 7.05 Å². The van der Waals surface area contributed by atoms with Crippen LogP contribution in [0.3, 0.4) is 0 Å². The van der Waals surface area contributed by atoms with Crippen LogP contribution in [0.5, 0.6) is 0 Å². The normalized spacial score (nSPS) is 28.4. The number of hydrogen-bond donors (Lipinski definition) is 1. The van der Waals surface area contributed by atoms with Crippen molar-refractivity contribution in [2.45, 2.75) is 41.5 Å². The Bertz CT molecular complexity index is 1040. The summed E-state index contributed by atoms with van der Waals surface area (Å²) in [5, 5.41) is -0.177. The van der Waals surface area contributed by atoms with Crippen molar-refractivity contribution in [1.82, 2.24) is 19.6 Å². The molecule has 1 N–H and O–H groups in total. The van der Waals surface area contributed by atoms with Crippen molar-refractivity contribution in [3.8, 4) is 0 Å². The molecule has 3 saturated heterocycles. The second-order valence-electron chi connectivity index (χ2n) is 8.79. The molecular formula is C21H29Cl2N5O4S. The Hall–Kier alpha value is -1.43. The van der Waals surface area contributed by atoms with Crippen molar-refractivity contribution in [1.29, 1.82) is 0 Å². The van der Waals surface area contributed by atoms with Gasteiger partial charge in [0.15, 0.2) is 0 Å². The number of nitrogens with one attached hydrogen (secondary N) is 1. The standard InChI is InChI=1S/C21H29Cl2N5O4S/c1-14-4-5-15(12-18(14)33(31,32)26-8-3-7-25(2)10-11-26)27-9-6-17(20(27)29)28-21(30)19(23)16(22)13-24-28/h4-5,12,16-17,19,24H,3,6-11,13H2,1-2H3. The van der Waals surface area contributed by atoms with Gasteiger partial charge in [0.05, 0.1) is 10.3 Å². The number of rotatable bonds is 4. The largest absolute Gasteiger partial charge is 0.310 e. The second-order valence-corrected chi connectivity index (χ2v) is 11.7. The molecule has 0 aromatic heterocycles. The molecule has 9 nitrogen and oxygen atoms in total. The fourth-order valence-corrected chi connectivity index (χ4v) is 6.60. The molecule has 0 bridgehead atoms. The number of sulfonamides is 1. The van der Waals surface area contributed by atoms with E-state index in [2.05, 4.69) is 10.3 Å². The number of amides is 2. The number of alkyl halides is 2. The number of likely N-dealkylation sites (N-methyl/N-ethyl adjacent to an activating group) is 1. The van der Waals surface area contributed by atoms with E-state index < -0.39 is 32.7 Å². The molecule has 3 heterocycles. The number of benzene rings is 1. The first-order valence-corrected chi connectivity index (χ1v) is 13.4. The summed E-state index contributed by atoms with van der Waals surface area (Å²) < 4.78 is 28.4. The predicted octanol–water partition coefficient (Wildman–Crippen LogP) is 0.988. The predicted molar refractivity (Wildman–Crippen MR) is 127 cm³/mol. The van der Waals surface area contributed by atoms with Crippen LogP contribution in [0.4, 0.5) is 5.69 Å². The number of nitrogens with zero attached hydrogens (tertiary/aromatic N) is 4. The van der Waals surface area contributed by atoms with Crippen LogP contribution in [-0.4, -0.2) is 97.6 Å². The number of hydrazine groups is 1. The number of halogens is 2. The molecule has 1 aromatic carbocycles. The maximum Gasteiger partial charge on any atom is 0.257 e. The zero-order valence-electron chi connectivity index (χ0n) is 18.7. The molecule has 33 heavy (non-hydrogen) atoms. The maximum absolute atomic E-state index is 13.5.